The van der Waals surface area contributed by atoms with Gasteiger partial charge in [-0.15, -0.1) is 0 Å². The minimum atomic E-state index is -0.751. The van der Waals surface area contributed by atoms with Crippen molar-refractivity contribution in [3.05, 3.63) is 0 Å². The van der Waals surface area contributed by atoms with Crippen LogP contribution in [0.3, 0.4) is 0 Å². The molecule has 1 amide bonds. The van der Waals surface area contributed by atoms with Crippen molar-refractivity contribution in [3.63, 3.8) is 0 Å². The van der Waals surface area contributed by atoms with Gasteiger partial charge in [0, 0.05) is 13.1 Å². The first-order chi connectivity index (χ1) is 11.5. The Morgan fingerprint density at radius 3 is 2.36 bits per heavy atom. The number of nitrogens with one attached hydrogen (secondary N) is 1. The number of carbonyl (C=O) groups is 1. The minimum absolute atomic E-state index is 0.0236. The molecule has 6 heteroatoms. The van der Waals surface area contributed by atoms with Crippen LogP contribution >= 0.6 is 0 Å². The van der Waals surface area contributed by atoms with E-state index in [1.165, 1.54) is 0 Å². The molecule has 1 fully saturated rings. The predicted octanol–water partition coefficient (Wildman–Crippen LogP) is 1.27. The average Bonchev–Trinajstić information content (AvgIpc) is 2.51. The molecule has 0 radical (unpaired) electrons. The molecule has 1 rings (SSSR count). The molecule has 6 nitrogen and oxygen atoms in total. The highest BCUT2D eigenvalue weighted by Crippen LogP contribution is 2.25. The molecule has 0 aromatic rings. The number of piperidine rings is 1. The van der Waals surface area contributed by atoms with Gasteiger partial charge >= 0.3 is 0 Å². The Kier molecular flexibility index (Phi) is 8.32. The number of aliphatic hydroxyl groups is 2. The zero-order chi connectivity index (χ0) is 19.4. The Bertz CT molecular complexity index is 423. The van der Waals surface area contributed by atoms with Gasteiger partial charge < -0.3 is 15.1 Å². The maximum atomic E-state index is 13.1. The number of nitrogens with zero attached hydrogens (tertiary/aromatic N) is 2. The van der Waals surface area contributed by atoms with Crippen molar-refractivity contribution in [2.24, 2.45) is 11.3 Å². The third-order valence-corrected chi connectivity index (χ3v) is 5.44. The summed E-state index contributed by atoms with van der Waals surface area (Å²) in [6.45, 7) is 10.9. The van der Waals surface area contributed by atoms with E-state index in [-0.39, 0.29) is 35.9 Å². The van der Waals surface area contributed by atoms with E-state index in [1.807, 2.05) is 41.7 Å². The molecule has 1 heterocycles. The van der Waals surface area contributed by atoms with Crippen molar-refractivity contribution in [3.8, 4) is 0 Å². The standard InChI is InChI=1S/C19H39N3O3/c1-13(2)15(12-23)22(7)18(25)16(19(3,4)5)20-17(24)14-10-8-9-11-21(14)6/h13-17,20,23-24H,8-12H2,1-7H3. The lowest BCUT2D eigenvalue weighted by Gasteiger charge is -2.42. The zero-order valence-electron chi connectivity index (χ0n) is 17.1. The van der Waals surface area contributed by atoms with Gasteiger partial charge in [0.05, 0.1) is 18.7 Å². The summed E-state index contributed by atoms with van der Waals surface area (Å²) in [5, 5.41) is 23.6. The van der Waals surface area contributed by atoms with Crippen LogP contribution in [-0.4, -0.2) is 77.5 Å². The van der Waals surface area contributed by atoms with Crippen LogP contribution in [0.25, 0.3) is 0 Å². The Morgan fingerprint density at radius 1 is 1.32 bits per heavy atom. The monoisotopic (exact) mass is 357 g/mol. The van der Waals surface area contributed by atoms with E-state index in [4.69, 9.17) is 0 Å². The first-order valence-electron chi connectivity index (χ1n) is 9.52. The van der Waals surface area contributed by atoms with Gasteiger partial charge in [-0.05, 0) is 37.8 Å². The molecule has 4 unspecified atom stereocenters. The lowest BCUT2D eigenvalue weighted by atomic mass is 9.84. The van der Waals surface area contributed by atoms with Crippen molar-refractivity contribution in [1.29, 1.82) is 0 Å². The van der Waals surface area contributed by atoms with Gasteiger partial charge in [0.1, 0.15) is 6.23 Å². The fourth-order valence-electron chi connectivity index (χ4n) is 3.62. The number of hydrogen-bond acceptors (Lipinski definition) is 5. The summed E-state index contributed by atoms with van der Waals surface area (Å²) in [7, 11) is 3.76. The third-order valence-electron chi connectivity index (χ3n) is 5.44. The summed E-state index contributed by atoms with van der Waals surface area (Å²) >= 11 is 0. The second kappa shape index (κ2) is 9.31. The predicted molar refractivity (Wildman–Crippen MR) is 101 cm³/mol. The highest BCUT2D eigenvalue weighted by atomic mass is 16.3. The molecular weight excluding hydrogens is 318 g/mol. The van der Waals surface area contributed by atoms with Crippen LogP contribution in [0.5, 0.6) is 0 Å². The molecule has 0 spiro atoms. The van der Waals surface area contributed by atoms with Crippen LogP contribution in [0, 0.1) is 11.3 Å². The van der Waals surface area contributed by atoms with Gasteiger partial charge in [0.15, 0.2) is 0 Å². The molecule has 0 aliphatic carbocycles. The zero-order valence-corrected chi connectivity index (χ0v) is 17.1. The number of carbonyl (C=O) groups excluding carboxylic acids is 1. The van der Waals surface area contributed by atoms with Gasteiger partial charge in [0.25, 0.3) is 0 Å². The van der Waals surface area contributed by atoms with E-state index in [2.05, 4.69) is 10.2 Å². The van der Waals surface area contributed by atoms with Crippen molar-refractivity contribution in [1.82, 2.24) is 15.1 Å². The Morgan fingerprint density at radius 2 is 1.92 bits per heavy atom. The first kappa shape index (κ1) is 22.4. The van der Waals surface area contributed by atoms with Crippen LogP contribution in [0.1, 0.15) is 53.9 Å². The normalized spacial score (nSPS) is 23.4. The third kappa shape index (κ3) is 5.91. The quantitative estimate of drug-likeness (QED) is 0.598. The smallest absolute Gasteiger partial charge is 0.240 e. The summed E-state index contributed by atoms with van der Waals surface area (Å²) in [5.41, 5.74) is -0.351. The van der Waals surface area contributed by atoms with Gasteiger partial charge in [-0.2, -0.15) is 0 Å². The summed E-state index contributed by atoms with van der Waals surface area (Å²) in [6.07, 6.45) is 2.42. The average molecular weight is 358 g/mol. The molecule has 1 aliphatic rings. The minimum Gasteiger partial charge on any atom is -0.394 e. The molecule has 25 heavy (non-hydrogen) atoms. The van der Waals surface area contributed by atoms with Crippen LogP contribution < -0.4 is 5.32 Å². The molecule has 0 aromatic carbocycles. The fraction of sp³-hybridized carbons (Fsp3) is 0.947. The van der Waals surface area contributed by atoms with Crippen LogP contribution in [0.15, 0.2) is 0 Å². The van der Waals surface area contributed by atoms with Crippen molar-refractivity contribution in [2.45, 2.75) is 78.2 Å². The van der Waals surface area contributed by atoms with E-state index in [1.54, 1.807) is 11.9 Å². The van der Waals surface area contributed by atoms with E-state index >= 15 is 0 Å². The number of hydrogen-bond donors (Lipinski definition) is 3. The van der Waals surface area contributed by atoms with E-state index in [9.17, 15) is 15.0 Å². The second-order valence-electron chi connectivity index (χ2n) is 8.90. The van der Waals surface area contributed by atoms with Gasteiger partial charge in [-0.3, -0.25) is 15.0 Å². The maximum absolute atomic E-state index is 13.1. The SMILES string of the molecule is CC(C)C(CO)N(C)C(=O)C(NC(O)C1CCCCN1C)C(C)(C)C. The van der Waals surface area contributed by atoms with Crippen molar-refractivity contribution in [2.75, 3.05) is 27.2 Å². The molecule has 4 atom stereocenters. The number of aliphatic hydroxyl groups excluding tert-OH is 2. The lowest BCUT2D eigenvalue weighted by Crippen LogP contribution is -2.61. The van der Waals surface area contributed by atoms with Crippen LogP contribution in [0.4, 0.5) is 0 Å². The molecule has 0 bridgehead atoms. The van der Waals surface area contributed by atoms with E-state index < -0.39 is 12.3 Å². The number of likely N-dealkylation sites (N-methyl/N-ethyl adjacent to an activating group) is 2. The van der Waals surface area contributed by atoms with E-state index in [0.29, 0.717) is 0 Å². The van der Waals surface area contributed by atoms with Gasteiger partial charge in [-0.1, -0.05) is 41.0 Å². The molecule has 3 N–H and O–H groups in total. The second-order valence-corrected chi connectivity index (χ2v) is 8.90. The molecule has 1 aliphatic heterocycles. The summed E-state index contributed by atoms with van der Waals surface area (Å²) < 4.78 is 0. The fourth-order valence-corrected chi connectivity index (χ4v) is 3.62. The molecule has 0 aromatic heterocycles. The van der Waals surface area contributed by atoms with E-state index in [0.717, 1.165) is 25.8 Å². The van der Waals surface area contributed by atoms with Gasteiger partial charge in [0.2, 0.25) is 5.91 Å². The number of rotatable bonds is 7. The van der Waals surface area contributed by atoms with Crippen LogP contribution in [0.2, 0.25) is 0 Å². The number of amides is 1. The Labute approximate surface area is 153 Å². The Balaban J connectivity index is 2.91. The maximum Gasteiger partial charge on any atom is 0.240 e. The summed E-state index contributed by atoms with van der Waals surface area (Å²) in [4.78, 5) is 16.9. The van der Waals surface area contributed by atoms with Crippen LogP contribution in [-0.2, 0) is 4.79 Å². The van der Waals surface area contributed by atoms with Crippen molar-refractivity contribution >= 4 is 5.91 Å². The van der Waals surface area contributed by atoms with Crippen molar-refractivity contribution < 1.29 is 15.0 Å². The topological polar surface area (TPSA) is 76.0 Å². The molecule has 0 saturated carbocycles. The molecule has 1 saturated heterocycles. The highest BCUT2D eigenvalue weighted by Gasteiger charge is 2.39. The summed E-state index contributed by atoms with van der Waals surface area (Å²) in [6, 6.07) is -0.722. The highest BCUT2D eigenvalue weighted by molar-refractivity contribution is 5.82. The van der Waals surface area contributed by atoms with Gasteiger partial charge in [-0.25, -0.2) is 0 Å². The first-order valence-corrected chi connectivity index (χ1v) is 9.52. The lowest BCUT2D eigenvalue weighted by molar-refractivity contribution is -0.141. The molecule has 148 valence electrons. The summed E-state index contributed by atoms with van der Waals surface area (Å²) in [5.74, 6) is 0.0757. The number of likely N-dealkylation sites (tertiary alicyclic amines) is 1. The molecular formula is C19H39N3O3. The largest absolute Gasteiger partial charge is 0.394 e. The Hall–Kier alpha value is -0.690.